The molecule has 0 unspecified atom stereocenters. The fourth-order valence-electron chi connectivity index (χ4n) is 4.86. The molecule has 2 aliphatic heterocycles. The van der Waals surface area contributed by atoms with Gasteiger partial charge in [-0.1, -0.05) is 55.8 Å². The van der Waals surface area contributed by atoms with Crippen LogP contribution >= 0.6 is 0 Å². The summed E-state index contributed by atoms with van der Waals surface area (Å²) < 4.78 is 28.6. The van der Waals surface area contributed by atoms with Crippen LogP contribution in [0, 0.1) is 18.8 Å². The van der Waals surface area contributed by atoms with Gasteiger partial charge in [0.05, 0.1) is 4.90 Å². The average Bonchev–Trinajstić information content (AvgIpc) is 2.72. The van der Waals surface area contributed by atoms with E-state index in [1.807, 2.05) is 36.1 Å². The van der Waals surface area contributed by atoms with Crippen molar-refractivity contribution >= 4 is 15.9 Å². The Balaban J connectivity index is 1.72. The summed E-state index contributed by atoms with van der Waals surface area (Å²) in [7, 11) is -3.80. The maximum Gasteiger partial charge on any atom is 0.244 e. The monoisotopic (exact) mass is 426 g/mol. The van der Waals surface area contributed by atoms with E-state index in [0.29, 0.717) is 31.3 Å². The maximum atomic E-state index is 13.6. The van der Waals surface area contributed by atoms with Crippen molar-refractivity contribution in [3.05, 3.63) is 65.2 Å². The minimum Gasteiger partial charge on any atom is -0.341 e. The molecule has 2 aromatic rings. The fourth-order valence-corrected chi connectivity index (χ4v) is 6.42. The molecular weight excluding hydrogens is 396 g/mol. The molecule has 0 radical (unpaired) electrons. The molecule has 0 aromatic heterocycles. The number of carbonyl (C=O) groups excluding carboxylic acids is 1. The molecule has 1 saturated heterocycles. The van der Waals surface area contributed by atoms with E-state index in [9.17, 15) is 13.2 Å². The van der Waals surface area contributed by atoms with E-state index in [-0.39, 0.29) is 17.3 Å². The topological polar surface area (TPSA) is 57.7 Å². The van der Waals surface area contributed by atoms with Crippen LogP contribution in [0.5, 0.6) is 0 Å². The van der Waals surface area contributed by atoms with Crippen molar-refractivity contribution < 1.29 is 13.2 Å². The Labute approximate surface area is 179 Å². The second kappa shape index (κ2) is 8.16. The molecule has 4 rings (SSSR count). The van der Waals surface area contributed by atoms with Crippen LogP contribution in [0.1, 0.15) is 37.0 Å². The lowest BCUT2D eigenvalue weighted by molar-refractivity contribution is -0.138. The van der Waals surface area contributed by atoms with Gasteiger partial charge >= 0.3 is 0 Å². The number of hydrogen-bond donors (Lipinski definition) is 0. The zero-order valence-electron chi connectivity index (χ0n) is 17.9. The van der Waals surface area contributed by atoms with Gasteiger partial charge in [-0.2, -0.15) is 4.31 Å². The van der Waals surface area contributed by atoms with Gasteiger partial charge in [-0.25, -0.2) is 8.42 Å². The SMILES string of the molecule is Cc1ccc(S(=O)(=O)N2Cc3ccccc3C[C@@H]2C(=O)N2C[C@H](C)C[C@@H](C)C2)cc1. The number of likely N-dealkylation sites (tertiary alicyclic amines) is 1. The third-order valence-electron chi connectivity index (χ3n) is 6.30. The second-order valence-corrected chi connectivity index (χ2v) is 10.9. The summed E-state index contributed by atoms with van der Waals surface area (Å²) in [5.41, 5.74) is 3.03. The Kier molecular flexibility index (Phi) is 5.73. The van der Waals surface area contributed by atoms with Crippen molar-refractivity contribution in [1.82, 2.24) is 9.21 Å². The van der Waals surface area contributed by atoms with E-state index in [2.05, 4.69) is 13.8 Å². The zero-order valence-corrected chi connectivity index (χ0v) is 18.7. The Morgan fingerprint density at radius 1 is 0.933 bits per heavy atom. The van der Waals surface area contributed by atoms with Crippen molar-refractivity contribution in [3.8, 4) is 0 Å². The maximum absolute atomic E-state index is 13.6. The summed E-state index contributed by atoms with van der Waals surface area (Å²) >= 11 is 0. The number of fused-ring (bicyclic) bond motifs is 1. The predicted octanol–water partition coefficient (Wildman–Crippen LogP) is 3.62. The van der Waals surface area contributed by atoms with Crippen LogP contribution in [0.3, 0.4) is 0 Å². The first-order valence-corrected chi connectivity index (χ1v) is 12.1. The molecule has 1 fully saturated rings. The van der Waals surface area contributed by atoms with E-state index in [4.69, 9.17) is 0 Å². The zero-order chi connectivity index (χ0) is 21.5. The number of nitrogens with zero attached hydrogens (tertiary/aromatic N) is 2. The highest BCUT2D eigenvalue weighted by molar-refractivity contribution is 7.89. The molecule has 0 spiro atoms. The van der Waals surface area contributed by atoms with Gasteiger partial charge in [0.2, 0.25) is 15.9 Å². The van der Waals surface area contributed by atoms with Crippen molar-refractivity contribution in [3.63, 3.8) is 0 Å². The van der Waals surface area contributed by atoms with Gasteiger partial charge in [-0.3, -0.25) is 4.79 Å². The lowest BCUT2D eigenvalue weighted by Crippen LogP contribution is -2.55. The largest absolute Gasteiger partial charge is 0.341 e. The van der Waals surface area contributed by atoms with Crippen LogP contribution in [0.4, 0.5) is 0 Å². The minimum absolute atomic E-state index is 0.0708. The Hall–Kier alpha value is -2.18. The Morgan fingerprint density at radius 2 is 1.53 bits per heavy atom. The van der Waals surface area contributed by atoms with Crippen LogP contribution < -0.4 is 0 Å². The summed E-state index contributed by atoms with van der Waals surface area (Å²) in [4.78, 5) is 15.7. The molecule has 6 heteroatoms. The number of carbonyl (C=O) groups is 1. The molecule has 0 aliphatic carbocycles. The van der Waals surface area contributed by atoms with Crippen LogP contribution in [-0.4, -0.2) is 42.7 Å². The lowest BCUT2D eigenvalue weighted by Gasteiger charge is -2.41. The van der Waals surface area contributed by atoms with E-state index in [1.165, 1.54) is 4.31 Å². The molecule has 2 aliphatic rings. The predicted molar refractivity (Wildman–Crippen MR) is 117 cm³/mol. The number of benzene rings is 2. The second-order valence-electron chi connectivity index (χ2n) is 9.04. The van der Waals surface area contributed by atoms with Gasteiger partial charge < -0.3 is 4.90 Å². The molecular formula is C24H30N2O3S. The first kappa shape index (κ1) is 21.1. The molecule has 5 nitrogen and oxygen atoms in total. The number of rotatable bonds is 3. The third-order valence-corrected chi connectivity index (χ3v) is 8.17. The standard InChI is InChI=1S/C24H30N2O3S/c1-17-8-10-22(11-9-17)30(28,29)26-16-21-7-5-4-6-20(21)13-23(26)24(27)25-14-18(2)12-19(3)15-25/h4-11,18-19,23H,12-16H2,1-3H3/t18-,19-,23-/m1/s1. The summed E-state index contributed by atoms with van der Waals surface area (Å²) in [5.74, 6) is 0.782. The number of aryl methyl sites for hydroxylation is 1. The molecule has 2 heterocycles. The van der Waals surface area contributed by atoms with Gasteiger partial charge in [-0.15, -0.1) is 0 Å². The van der Waals surface area contributed by atoms with Crippen molar-refractivity contribution in [2.45, 2.75) is 51.1 Å². The summed E-state index contributed by atoms with van der Waals surface area (Å²) in [6.45, 7) is 7.86. The number of sulfonamides is 1. The van der Waals surface area contributed by atoms with E-state index in [1.54, 1.807) is 24.3 Å². The van der Waals surface area contributed by atoms with Crippen LogP contribution in [0.25, 0.3) is 0 Å². The van der Waals surface area contributed by atoms with Crippen LogP contribution in [-0.2, 0) is 27.8 Å². The normalized spacial score (nSPS) is 25.0. The average molecular weight is 427 g/mol. The Bertz CT molecular complexity index is 1020. The summed E-state index contributed by atoms with van der Waals surface area (Å²) in [6.07, 6.45) is 1.52. The highest BCUT2D eigenvalue weighted by Crippen LogP contribution is 2.31. The molecule has 2 aromatic carbocycles. The van der Waals surface area contributed by atoms with Gasteiger partial charge in [0.1, 0.15) is 6.04 Å². The lowest BCUT2D eigenvalue weighted by atomic mass is 9.90. The highest BCUT2D eigenvalue weighted by atomic mass is 32.2. The smallest absolute Gasteiger partial charge is 0.244 e. The van der Waals surface area contributed by atoms with Gasteiger partial charge in [0.25, 0.3) is 0 Å². The first-order chi connectivity index (χ1) is 14.3. The van der Waals surface area contributed by atoms with Crippen molar-refractivity contribution in [2.75, 3.05) is 13.1 Å². The van der Waals surface area contributed by atoms with Crippen molar-refractivity contribution in [1.29, 1.82) is 0 Å². The van der Waals surface area contributed by atoms with Crippen LogP contribution in [0.2, 0.25) is 0 Å². The third kappa shape index (κ3) is 4.03. The number of hydrogen-bond acceptors (Lipinski definition) is 3. The van der Waals surface area contributed by atoms with E-state index < -0.39 is 16.1 Å². The summed E-state index contributed by atoms with van der Waals surface area (Å²) in [5, 5.41) is 0. The molecule has 160 valence electrons. The molecule has 0 N–H and O–H groups in total. The van der Waals surface area contributed by atoms with E-state index in [0.717, 1.165) is 23.1 Å². The molecule has 1 amide bonds. The highest BCUT2D eigenvalue weighted by Gasteiger charge is 2.42. The molecule has 30 heavy (non-hydrogen) atoms. The first-order valence-electron chi connectivity index (χ1n) is 10.7. The summed E-state index contributed by atoms with van der Waals surface area (Å²) in [6, 6.07) is 14.0. The fraction of sp³-hybridized carbons (Fsp3) is 0.458. The number of amides is 1. The number of piperidine rings is 1. The van der Waals surface area contributed by atoms with E-state index >= 15 is 0 Å². The minimum atomic E-state index is -3.80. The molecule has 0 saturated carbocycles. The molecule has 3 atom stereocenters. The van der Waals surface area contributed by atoms with Crippen molar-refractivity contribution in [2.24, 2.45) is 11.8 Å². The molecule has 0 bridgehead atoms. The van der Waals surface area contributed by atoms with Gasteiger partial charge in [-0.05, 0) is 54.9 Å². The van der Waals surface area contributed by atoms with Gasteiger partial charge in [0, 0.05) is 19.6 Å². The van der Waals surface area contributed by atoms with Gasteiger partial charge in [0.15, 0.2) is 0 Å². The van der Waals surface area contributed by atoms with Crippen LogP contribution in [0.15, 0.2) is 53.4 Å². The Morgan fingerprint density at radius 3 is 2.17 bits per heavy atom. The quantitative estimate of drug-likeness (QED) is 0.753.